The van der Waals surface area contributed by atoms with E-state index in [1.54, 1.807) is 11.8 Å². The molecule has 2 heteroatoms. The normalized spacial score (nSPS) is 4.50. The lowest BCUT2D eigenvalue weighted by atomic mass is 10.8. The molecule has 0 nitrogen and oxygen atoms in total. The van der Waals surface area contributed by atoms with Crippen LogP contribution in [0.15, 0.2) is 0 Å². The highest BCUT2D eigenvalue weighted by molar-refractivity contribution is 7.97. The minimum absolute atomic E-state index is 0. The Morgan fingerprint density at radius 1 is 1.50 bits per heavy atom. The number of thioether (sulfide) groups is 1. The Morgan fingerprint density at radius 3 is 1.50 bits per heavy atom. The second kappa shape index (κ2) is 9.95. The summed E-state index contributed by atoms with van der Waals surface area (Å²) in [6.45, 7) is 0. The van der Waals surface area contributed by atoms with Gasteiger partial charge in [-0.05, 0) is 12.5 Å². The van der Waals surface area contributed by atoms with Crippen molar-refractivity contribution in [3.8, 4) is 0 Å². The minimum atomic E-state index is 0. The highest BCUT2D eigenvalue weighted by atomic mass is 32.2. The van der Waals surface area contributed by atoms with Gasteiger partial charge in [-0.2, -0.15) is 11.8 Å². The molecular formula is C2H21BS. The van der Waals surface area contributed by atoms with Crippen molar-refractivity contribution < 1.29 is 8.56 Å². The maximum absolute atomic E-state index is 2.04. The average molecular weight is 88.1 g/mol. The molecular weight excluding hydrogens is 66.9 g/mol. The zero-order chi connectivity index (χ0) is 2.71. The monoisotopic (exact) mass is 88.1 g/mol. The zero-order valence-electron chi connectivity index (χ0n) is 2.41. The predicted molar refractivity (Wildman–Crippen MR) is 42.1 cm³/mol. The molecule has 0 aromatic heterocycles. The van der Waals surface area contributed by atoms with Gasteiger partial charge in [0.1, 0.15) is 0 Å². The Balaban J connectivity index is -0.000000000952. The van der Waals surface area contributed by atoms with Gasteiger partial charge >= 0.3 is 0 Å². The van der Waals surface area contributed by atoms with Gasteiger partial charge in [-0.25, -0.2) is 0 Å². The SMILES string of the molecule is B.CSC.[HH].[HH].[HH].[HH].[HH].[HH]. The van der Waals surface area contributed by atoms with Crippen molar-refractivity contribution in [1.82, 2.24) is 0 Å². The standard InChI is InChI=1S/C2H6S.BH3.6H2/c1-3-2;;;;;;;/h1-2H3;1H3;6*1H. The molecule has 0 rings (SSSR count). The maximum atomic E-state index is 2.04. The van der Waals surface area contributed by atoms with Crippen LogP contribution in [-0.4, -0.2) is 20.9 Å². The average Bonchev–Trinajstić information content (AvgIpc) is 0.918. The van der Waals surface area contributed by atoms with Gasteiger partial charge in [0.05, 0.1) is 8.41 Å². The van der Waals surface area contributed by atoms with Crippen LogP contribution in [0.3, 0.4) is 0 Å². The van der Waals surface area contributed by atoms with Crippen molar-refractivity contribution in [2.75, 3.05) is 12.5 Å². The van der Waals surface area contributed by atoms with Crippen LogP contribution in [0.2, 0.25) is 0 Å². The van der Waals surface area contributed by atoms with Crippen LogP contribution in [0.4, 0.5) is 0 Å². The van der Waals surface area contributed by atoms with Crippen LogP contribution in [0.5, 0.6) is 0 Å². The summed E-state index contributed by atoms with van der Waals surface area (Å²) in [5.41, 5.74) is 0. The summed E-state index contributed by atoms with van der Waals surface area (Å²) in [5.74, 6) is 0. The van der Waals surface area contributed by atoms with E-state index in [1.807, 2.05) is 12.5 Å². The maximum Gasteiger partial charge on any atom is 0.0814 e. The lowest BCUT2D eigenvalue weighted by Gasteiger charge is -1.51. The van der Waals surface area contributed by atoms with Crippen molar-refractivity contribution in [1.29, 1.82) is 0 Å². The Bertz CT molecular complexity index is 15.7. The lowest BCUT2D eigenvalue weighted by molar-refractivity contribution is 2.37. The van der Waals surface area contributed by atoms with Gasteiger partial charge in [-0.1, -0.05) is 0 Å². The first kappa shape index (κ1) is 8.83. The third kappa shape index (κ3) is 28.1. The van der Waals surface area contributed by atoms with E-state index in [2.05, 4.69) is 0 Å². The molecule has 0 bridgehead atoms. The molecule has 0 aromatic carbocycles. The van der Waals surface area contributed by atoms with Crippen molar-refractivity contribution in [3.05, 3.63) is 0 Å². The quantitative estimate of drug-likeness (QED) is 0.402. The highest BCUT2D eigenvalue weighted by Gasteiger charge is 1.32. The fourth-order valence-electron chi connectivity index (χ4n) is 0. The molecule has 0 saturated heterocycles. The number of hydrogen-bond donors (Lipinski definition) is 0. The third-order valence-corrected chi connectivity index (χ3v) is 0. The smallest absolute Gasteiger partial charge is 0.0814 e. The molecule has 0 heterocycles. The van der Waals surface area contributed by atoms with E-state index in [-0.39, 0.29) is 17.0 Å². The van der Waals surface area contributed by atoms with Crippen LogP contribution in [0.25, 0.3) is 0 Å². The van der Waals surface area contributed by atoms with Gasteiger partial charge in [0.15, 0.2) is 0 Å². The number of rotatable bonds is 0. The molecule has 0 radical (unpaired) electrons. The van der Waals surface area contributed by atoms with E-state index in [4.69, 9.17) is 0 Å². The van der Waals surface area contributed by atoms with Crippen molar-refractivity contribution in [2.45, 2.75) is 0 Å². The Labute approximate surface area is 42.5 Å². The molecule has 0 fully saturated rings. The fraction of sp³-hybridized carbons (Fsp3) is 1.00. The first-order chi connectivity index (χ1) is 1.41. The van der Waals surface area contributed by atoms with Gasteiger partial charge in [-0.15, -0.1) is 0 Å². The van der Waals surface area contributed by atoms with Gasteiger partial charge < -0.3 is 0 Å². The van der Waals surface area contributed by atoms with Gasteiger partial charge in [-0.3, -0.25) is 0 Å². The molecule has 0 aromatic rings. The van der Waals surface area contributed by atoms with E-state index in [0.717, 1.165) is 0 Å². The molecule has 0 amide bonds. The van der Waals surface area contributed by atoms with E-state index in [0.29, 0.717) is 0 Å². The lowest BCUT2D eigenvalue weighted by Crippen LogP contribution is -1.25. The topological polar surface area (TPSA) is 0 Å². The summed E-state index contributed by atoms with van der Waals surface area (Å²) in [7, 11) is 0. The third-order valence-electron chi connectivity index (χ3n) is 0. The minimum Gasteiger partial charge on any atom is -0.169 e. The van der Waals surface area contributed by atoms with E-state index >= 15 is 0 Å². The van der Waals surface area contributed by atoms with Crippen LogP contribution in [0, 0.1) is 0 Å². The van der Waals surface area contributed by atoms with Gasteiger partial charge in [0.25, 0.3) is 0 Å². The molecule has 38 valence electrons. The Hall–Kier alpha value is 0.415. The zero-order valence-corrected chi connectivity index (χ0v) is 3.22. The summed E-state index contributed by atoms with van der Waals surface area (Å²) < 4.78 is 0. The van der Waals surface area contributed by atoms with Crippen LogP contribution >= 0.6 is 11.8 Å². The van der Waals surface area contributed by atoms with Crippen LogP contribution < -0.4 is 0 Å². The van der Waals surface area contributed by atoms with Crippen molar-refractivity contribution in [2.24, 2.45) is 0 Å². The van der Waals surface area contributed by atoms with Gasteiger partial charge in [0.2, 0.25) is 0 Å². The van der Waals surface area contributed by atoms with Crippen LogP contribution in [0.1, 0.15) is 8.56 Å². The Kier molecular flexibility index (Phi) is 22.0. The van der Waals surface area contributed by atoms with Crippen molar-refractivity contribution >= 4 is 20.2 Å². The fourth-order valence-corrected chi connectivity index (χ4v) is 0. The van der Waals surface area contributed by atoms with Crippen LogP contribution in [-0.2, 0) is 0 Å². The van der Waals surface area contributed by atoms with Gasteiger partial charge in [0, 0.05) is 8.56 Å². The summed E-state index contributed by atoms with van der Waals surface area (Å²) >= 11 is 1.75. The summed E-state index contributed by atoms with van der Waals surface area (Å²) in [4.78, 5) is 0. The molecule has 0 aliphatic carbocycles. The molecule has 0 aliphatic rings. The summed E-state index contributed by atoms with van der Waals surface area (Å²) in [5, 5.41) is 0. The molecule has 0 unspecified atom stereocenters. The number of hydrogen-bond acceptors (Lipinski definition) is 1. The molecule has 4 heavy (non-hydrogen) atoms. The first-order valence-electron chi connectivity index (χ1n) is 0.816. The molecule has 0 atom stereocenters. The predicted octanol–water partition coefficient (Wildman–Crippen LogP) is 1.27. The second-order valence-electron chi connectivity index (χ2n) is 0.408. The second-order valence-corrected chi connectivity index (χ2v) is 1.22. The molecule has 0 saturated carbocycles. The molecule has 0 spiro atoms. The summed E-state index contributed by atoms with van der Waals surface area (Å²) in [6, 6.07) is 0. The Morgan fingerprint density at radius 2 is 1.50 bits per heavy atom. The first-order valence-corrected chi connectivity index (χ1v) is 2.45. The highest BCUT2D eigenvalue weighted by Crippen LogP contribution is 1.70. The van der Waals surface area contributed by atoms with E-state index < -0.39 is 0 Å². The molecule has 0 aliphatic heterocycles. The largest absolute Gasteiger partial charge is 0.169 e. The molecule has 0 N–H and O–H groups in total. The van der Waals surface area contributed by atoms with Crippen molar-refractivity contribution in [3.63, 3.8) is 0 Å². The van der Waals surface area contributed by atoms with E-state index in [1.165, 1.54) is 0 Å². The van der Waals surface area contributed by atoms with E-state index in [9.17, 15) is 0 Å². The summed E-state index contributed by atoms with van der Waals surface area (Å²) in [6.07, 6.45) is 4.08.